The molecule has 2 rings (SSSR count). The number of nitrogens with zero attached hydrogens (tertiary/aromatic N) is 3. The van der Waals surface area contributed by atoms with Crippen LogP contribution in [0.4, 0.5) is 11.5 Å². The highest BCUT2D eigenvalue weighted by atomic mass is 16.6. The van der Waals surface area contributed by atoms with Crippen LogP contribution < -0.4 is 16.6 Å². The van der Waals surface area contributed by atoms with Crippen molar-refractivity contribution in [2.45, 2.75) is 12.3 Å². The molecular weight excluding hydrogens is 248 g/mol. The average Bonchev–Trinajstić information content (AvgIpc) is 2.63. The summed E-state index contributed by atoms with van der Waals surface area (Å²) in [6.45, 7) is 0. The number of aromatic nitrogens is 2. The summed E-state index contributed by atoms with van der Waals surface area (Å²) in [5.41, 5.74) is -2.94. The van der Waals surface area contributed by atoms with Crippen LogP contribution in [0.25, 0.3) is 0 Å². The van der Waals surface area contributed by atoms with E-state index in [1.807, 2.05) is 0 Å². The number of hydrogen-bond donors (Lipinski definition) is 2. The van der Waals surface area contributed by atoms with Crippen LogP contribution in [0.15, 0.2) is 9.59 Å². The number of carbonyl (C=O) groups is 1. The average molecular weight is 256 g/mol. The predicted octanol–water partition coefficient (Wildman–Crippen LogP) is -2.06. The van der Waals surface area contributed by atoms with Gasteiger partial charge in [-0.3, -0.25) is 19.5 Å². The van der Waals surface area contributed by atoms with Gasteiger partial charge in [-0.15, -0.1) is 0 Å². The number of nitro groups is 1. The lowest BCUT2D eigenvalue weighted by molar-refractivity contribution is -0.386. The molecule has 1 aromatic heterocycles. The van der Waals surface area contributed by atoms with Crippen LogP contribution >= 0.6 is 0 Å². The van der Waals surface area contributed by atoms with Gasteiger partial charge in [-0.25, -0.2) is 9.36 Å². The summed E-state index contributed by atoms with van der Waals surface area (Å²) in [6.07, 6.45) is -1.29. The van der Waals surface area contributed by atoms with Crippen molar-refractivity contribution < 1.29 is 14.8 Å². The number of aliphatic hydroxyl groups excluding tert-OH is 1. The van der Waals surface area contributed by atoms with Crippen molar-refractivity contribution in [1.82, 2.24) is 9.13 Å². The van der Waals surface area contributed by atoms with Gasteiger partial charge in [0.05, 0.1) is 4.92 Å². The minimum atomic E-state index is -1.59. The fraction of sp³-hybridized carbons (Fsp3) is 0.375. The first-order valence-corrected chi connectivity index (χ1v) is 4.80. The van der Waals surface area contributed by atoms with Gasteiger partial charge in [-0.1, -0.05) is 0 Å². The Bertz CT molecular complexity index is 659. The van der Waals surface area contributed by atoms with E-state index in [-0.39, 0.29) is 0 Å². The number of anilines is 1. The van der Waals surface area contributed by atoms with E-state index in [0.29, 0.717) is 15.4 Å². The predicted molar refractivity (Wildman–Crippen MR) is 57.3 cm³/mol. The molecule has 0 aliphatic carbocycles. The van der Waals surface area contributed by atoms with E-state index >= 15 is 0 Å². The van der Waals surface area contributed by atoms with Gasteiger partial charge in [-0.2, -0.15) is 0 Å². The molecule has 2 heterocycles. The van der Waals surface area contributed by atoms with Crippen LogP contribution in [-0.4, -0.2) is 31.5 Å². The van der Waals surface area contributed by atoms with Gasteiger partial charge in [0.25, 0.3) is 0 Å². The zero-order chi connectivity index (χ0) is 13.6. The molecule has 0 fully saturated rings. The van der Waals surface area contributed by atoms with Crippen molar-refractivity contribution in [2.75, 3.05) is 5.32 Å². The SMILES string of the molecule is Cn1c(=O)c([N+](=O)[O-])c2n(c1=O)[C@@H](O)[C@@H](C=O)N2. The van der Waals surface area contributed by atoms with Gasteiger partial charge in [0, 0.05) is 7.05 Å². The zero-order valence-electron chi connectivity index (χ0n) is 9.06. The quantitative estimate of drug-likeness (QED) is 0.352. The number of rotatable bonds is 2. The number of carbonyl (C=O) groups excluding carboxylic acids is 1. The third-order valence-corrected chi connectivity index (χ3v) is 2.68. The molecule has 1 aliphatic heterocycles. The molecule has 0 amide bonds. The topological polar surface area (TPSA) is 136 Å². The number of hydrogen-bond acceptors (Lipinski definition) is 7. The molecule has 10 heteroatoms. The molecule has 0 unspecified atom stereocenters. The first kappa shape index (κ1) is 12.0. The number of fused-ring (bicyclic) bond motifs is 1. The lowest BCUT2D eigenvalue weighted by Crippen LogP contribution is -2.39. The molecule has 2 N–H and O–H groups in total. The summed E-state index contributed by atoms with van der Waals surface area (Å²) in [6, 6.07) is -1.21. The van der Waals surface area contributed by atoms with Crippen LogP contribution in [0.2, 0.25) is 0 Å². The summed E-state index contributed by atoms with van der Waals surface area (Å²) >= 11 is 0. The molecule has 18 heavy (non-hydrogen) atoms. The van der Waals surface area contributed by atoms with Crippen molar-refractivity contribution in [2.24, 2.45) is 7.05 Å². The maximum absolute atomic E-state index is 11.7. The van der Waals surface area contributed by atoms with Crippen LogP contribution in [0.1, 0.15) is 6.23 Å². The van der Waals surface area contributed by atoms with Gasteiger partial charge in [-0.05, 0) is 0 Å². The second-order valence-electron chi connectivity index (χ2n) is 3.69. The summed E-state index contributed by atoms with van der Waals surface area (Å²) in [4.78, 5) is 43.8. The Balaban J connectivity index is 2.88. The first-order chi connectivity index (χ1) is 8.40. The molecule has 0 bridgehead atoms. The molecule has 0 saturated carbocycles. The minimum Gasteiger partial charge on any atom is -0.370 e. The largest absolute Gasteiger partial charge is 0.374 e. The number of aliphatic hydroxyl groups is 1. The van der Waals surface area contributed by atoms with Crippen molar-refractivity contribution >= 4 is 17.8 Å². The Morgan fingerprint density at radius 1 is 1.50 bits per heavy atom. The maximum Gasteiger partial charge on any atom is 0.374 e. The van der Waals surface area contributed by atoms with Gasteiger partial charge in [0.1, 0.15) is 12.3 Å². The second kappa shape index (κ2) is 3.77. The van der Waals surface area contributed by atoms with Crippen LogP contribution in [0.3, 0.4) is 0 Å². The van der Waals surface area contributed by atoms with Gasteiger partial charge in [0.15, 0.2) is 12.0 Å². The highest BCUT2D eigenvalue weighted by molar-refractivity contribution is 5.70. The third kappa shape index (κ3) is 1.35. The molecule has 96 valence electrons. The monoisotopic (exact) mass is 256 g/mol. The first-order valence-electron chi connectivity index (χ1n) is 4.80. The summed E-state index contributed by atoms with van der Waals surface area (Å²) in [5.74, 6) is -0.460. The Morgan fingerprint density at radius 2 is 2.11 bits per heavy atom. The van der Waals surface area contributed by atoms with Gasteiger partial charge in [0.2, 0.25) is 0 Å². The van der Waals surface area contributed by atoms with Crippen LogP contribution in [0.5, 0.6) is 0 Å². The standard InChI is InChI=1S/C8H8N4O6/c1-10-7(15)4(12(17)18)5-9-3(2-13)6(14)11(5)8(10)16/h2-3,6,9,14H,1H3/t3-,6+/m1/s1. The summed E-state index contributed by atoms with van der Waals surface area (Å²) < 4.78 is 1.11. The molecule has 0 spiro atoms. The minimum absolute atomic E-state index is 0.297. The molecule has 0 radical (unpaired) electrons. The van der Waals surface area contributed by atoms with E-state index in [0.717, 1.165) is 7.05 Å². The van der Waals surface area contributed by atoms with Gasteiger partial charge >= 0.3 is 16.9 Å². The molecule has 10 nitrogen and oxygen atoms in total. The Kier molecular flexibility index (Phi) is 2.51. The van der Waals surface area contributed by atoms with Gasteiger partial charge < -0.3 is 15.2 Å². The normalized spacial score (nSPS) is 21.2. The lowest BCUT2D eigenvalue weighted by Gasteiger charge is -2.09. The smallest absolute Gasteiger partial charge is 0.370 e. The van der Waals surface area contributed by atoms with Crippen LogP contribution in [0, 0.1) is 10.1 Å². The number of aldehydes is 1. The van der Waals surface area contributed by atoms with Crippen LogP contribution in [-0.2, 0) is 11.8 Å². The van der Waals surface area contributed by atoms with Crippen molar-refractivity contribution in [3.8, 4) is 0 Å². The molecular formula is C8H8N4O6. The van der Waals surface area contributed by atoms with Crippen molar-refractivity contribution in [1.29, 1.82) is 0 Å². The Hall–Kier alpha value is -2.49. The van der Waals surface area contributed by atoms with E-state index in [2.05, 4.69) is 5.32 Å². The van der Waals surface area contributed by atoms with Crippen molar-refractivity contribution in [3.05, 3.63) is 31.0 Å². The zero-order valence-corrected chi connectivity index (χ0v) is 9.06. The van der Waals surface area contributed by atoms with E-state index in [1.165, 1.54) is 0 Å². The fourth-order valence-electron chi connectivity index (χ4n) is 1.76. The maximum atomic E-state index is 11.7. The van der Waals surface area contributed by atoms with E-state index in [1.54, 1.807) is 0 Å². The third-order valence-electron chi connectivity index (χ3n) is 2.68. The highest BCUT2D eigenvalue weighted by Gasteiger charge is 2.39. The molecule has 0 saturated heterocycles. The Morgan fingerprint density at radius 3 is 2.61 bits per heavy atom. The second-order valence-corrected chi connectivity index (χ2v) is 3.69. The van der Waals surface area contributed by atoms with Crippen molar-refractivity contribution in [3.63, 3.8) is 0 Å². The molecule has 2 atom stereocenters. The van der Waals surface area contributed by atoms with E-state index in [9.17, 15) is 29.6 Å². The Labute approximate surface area is 98.2 Å². The highest BCUT2D eigenvalue weighted by Crippen LogP contribution is 2.28. The summed E-state index contributed by atoms with van der Waals surface area (Å²) in [7, 11) is 1.05. The number of nitrogens with one attached hydrogen (secondary N) is 1. The summed E-state index contributed by atoms with van der Waals surface area (Å²) in [5, 5.41) is 22.8. The molecule has 0 aromatic carbocycles. The molecule has 1 aliphatic rings. The fourth-order valence-corrected chi connectivity index (χ4v) is 1.76. The van der Waals surface area contributed by atoms with E-state index in [4.69, 9.17) is 0 Å². The lowest BCUT2D eigenvalue weighted by atomic mass is 10.3. The molecule has 1 aromatic rings. The van der Waals surface area contributed by atoms with E-state index < -0.39 is 39.9 Å².